The monoisotopic (exact) mass is 458 g/mol. The summed E-state index contributed by atoms with van der Waals surface area (Å²) in [6.45, 7) is 2.03. The van der Waals surface area contributed by atoms with E-state index in [9.17, 15) is 14.0 Å². The minimum absolute atomic E-state index is 0.00884. The van der Waals surface area contributed by atoms with Crippen molar-refractivity contribution in [2.24, 2.45) is 5.92 Å². The van der Waals surface area contributed by atoms with E-state index < -0.39 is 0 Å². The quantitative estimate of drug-likeness (QED) is 0.396. The molecule has 4 rings (SSSR count). The summed E-state index contributed by atoms with van der Waals surface area (Å²) in [6.07, 6.45) is 8.74. The molecular formula is C28H27FN2O3. The van der Waals surface area contributed by atoms with Gasteiger partial charge >= 0.3 is 0 Å². The first-order valence-electron chi connectivity index (χ1n) is 11.5. The van der Waals surface area contributed by atoms with E-state index in [0.717, 1.165) is 36.0 Å². The second-order valence-corrected chi connectivity index (χ2v) is 8.41. The Kier molecular flexibility index (Phi) is 7.48. The summed E-state index contributed by atoms with van der Waals surface area (Å²) in [6, 6.07) is 15.1. The van der Waals surface area contributed by atoms with Gasteiger partial charge in [-0.1, -0.05) is 43.3 Å². The van der Waals surface area contributed by atoms with Crippen LogP contribution >= 0.6 is 0 Å². The van der Waals surface area contributed by atoms with Gasteiger partial charge in [0.1, 0.15) is 28.9 Å². The van der Waals surface area contributed by atoms with Crippen LogP contribution in [-0.2, 0) is 22.4 Å². The fourth-order valence-corrected chi connectivity index (χ4v) is 3.53. The molecule has 174 valence electrons. The number of ketones is 1. The number of allylic oxidation sites excluding steroid dienone is 1. The van der Waals surface area contributed by atoms with Crippen LogP contribution in [0.1, 0.15) is 42.9 Å². The zero-order valence-electron chi connectivity index (χ0n) is 19.1. The Bertz CT molecular complexity index is 1180. The summed E-state index contributed by atoms with van der Waals surface area (Å²) in [5.74, 6) is 1.50. The average molecular weight is 459 g/mol. The third kappa shape index (κ3) is 6.38. The average Bonchev–Trinajstić information content (AvgIpc) is 3.67. The molecule has 2 aromatic carbocycles. The van der Waals surface area contributed by atoms with Crippen molar-refractivity contribution in [1.82, 2.24) is 4.98 Å². The molecule has 1 amide bonds. The smallest absolute Gasteiger partial charge is 0.228 e. The van der Waals surface area contributed by atoms with E-state index in [1.54, 1.807) is 24.4 Å². The molecule has 1 aliphatic rings. The SMILES string of the molecule is CC/C=C/c1c(Oc2ccc(CC(=O)Cc3ccc(F)cc3)cc2)ccnc1NC(=O)C1CC1. The van der Waals surface area contributed by atoms with Crippen LogP contribution in [0.4, 0.5) is 10.2 Å². The molecule has 0 atom stereocenters. The molecule has 1 heterocycles. The van der Waals surface area contributed by atoms with Crippen molar-refractivity contribution >= 4 is 23.6 Å². The Morgan fingerprint density at radius 2 is 1.68 bits per heavy atom. The number of pyridine rings is 1. The van der Waals surface area contributed by atoms with E-state index in [0.29, 0.717) is 17.3 Å². The van der Waals surface area contributed by atoms with Crippen LogP contribution in [0, 0.1) is 11.7 Å². The van der Waals surface area contributed by atoms with Crippen LogP contribution < -0.4 is 10.1 Å². The van der Waals surface area contributed by atoms with Crippen molar-refractivity contribution in [3.05, 3.63) is 89.4 Å². The molecule has 3 aromatic rings. The standard InChI is InChI=1S/C28H27FN2O3/c1-2-3-4-25-26(15-16-30-27(25)31-28(33)21-9-10-21)34-24-13-7-20(8-14-24)18-23(32)17-19-5-11-22(29)12-6-19/h3-8,11-16,21H,2,9-10,17-18H2,1H3,(H,30,31,33)/b4-3+. The number of nitrogens with zero attached hydrogens (tertiary/aromatic N) is 1. The summed E-state index contributed by atoms with van der Waals surface area (Å²) < 4.78 is 19.1. The van der Waals surface area contributed by atoms with Crippen molar-refractivity contribution < 1.29 is 18.7 Å². The first-order valence-corrected chi connectivity index (χ1v) is 11.5. The molecule has 0 unspecified atom stereocenters. The number of ether oxygens (including phenoxy) is 1. The highest BCUT2D eigenvalue weighted by molar-refractivity contribution is 5.95. The van der Waals surface area contributed by atoms with Gasteiger partial charge in [0.25, 0.3) is 0 Å². The number of halogens is 1. The summed E-state index contributed by atoms with van der Waals surface area (Å²) in [5, 5.41) is 2.92. The first-order chi connectivity index (χ1) is 16.5. The number of hydrogen-bond donors (Lipinski definition) is 1. The number of carbonyl (C=O) groups excluding carboxylic acids is 2. The summed E-state index contributed by atoms with van der Waals surface area (Å²) >= 11 is 0. The molecule has 0 spiro atoms. The number of carbonyl (C=O) groups is 2. The van der Waals surface area contributed by atoms with Crippen molar-refractivity contribution in [2.75, 3.05) is 5.32 Å². The molecular weight excluding hydrogens is 431 g/mol. The molecule has 0 aliphatic heterocycles. The zero-order chi connectivity index (χ0) is 23.9. The highest BCUT2D eigenvalue weighted by atomic mass is 19.1. The third-order valence-electron chi connectivity index (χ3n) is 5.53. The fraction of sp³-hybridized carbons (Fsp3) is 0.250. The maximum Gasteiger partial charge on any atom is 0.228 e. The minimum atomic E-state index is -0.313. The van der Waals surface area contributed by atoms with Crippen LogP contribution in [0.15, 0.2) is 66.9 Å². The predicted molar refractivity (Wildman–Crippen MR) is 130 cm³/mol. The van der Waals surface area contributed by atoms with Gasteiger partial charge in [0, 0.05) is 25.0 Å². The largest absolute Gasteiger partial charge is 0.457 e. The summed E-state index contributed by atoms with van der Waals surface area (Å²) in [7, 11) is 0. The van der Waals surface area contributed by atoms with Crippen molar-refractivity contribution in [3.8, 4) is 11.5 Å². The number of nitrogens with one attached hydrogen (secondary N) is 1. The number of amides is 1. The van der Waals surface area contributed by atoms with E-state index in [2.05, 4.69) is 10.3 Å². The topological polar surface area (TPSA) is 68.3 Å². The van der Waals surface area contributed by atoms with Crippen molar-refractivity contribution in [3.63, 3.8) is 0 Å². The van der Waals surface area contributed by atoms with E-state index in [1.165, 1.54) is 12.1 Å². The second-order valence-electron chi connectivity index (χ2n) is 8.41. The summed E-state index contributed by atoms with van der Waals surface area (Å²) in [4.78, 5) is 29.0. The Labute approximate surface area is 198 Å². The Balaban J connectivity index is 1.43. The Morgan fingerprint density at radius 1 is 1.03 bits per heavy atom. The van der Waals surface area contributed by atoms with Gasteiger partial charge in [-0.15, -0.1) is 0 Å². The van der Waals surface area contributed by atoms with Gasteiger partial charge in [-0.2, -0.15) is 0 Å². The highest BCUT2D eigenvalue weighted by Crippen LogP contribution is 2.34. The lowest BCUT2D eigenvalue weighted by atomic mass is 10.0. The number of benzene rings is 2. The minimum Gasteiger partial charge on any atom is -0.457 e. The maximum absolute atomic E-state index is 13.0. The number of hydrogen-bond acceptors (Lipinski definition) is 4. The van der Waals surface area contributed by atoms with Gasteiger partial charge in [0.05, 0.1) is 5.56 Å². The van der Waals surface area contributed by atoms with E-state index >= 15 is 0 Å². The Morgan fingerprint density at radius 3 is 2.29 bits per heavy atom. The van der Waals surface area contributed by atoms with Gasteiger partial charge < -0.3 is 10.1 Å². The lowest BCUT2D eigenvalue weighted by Gasteiger charge is -2.13. The molecule has 0 saturated heterocycles. The van der Waals surface area contributed by atoms with Gasteiger partial charge in [-0.3, -0.25) is 9.59 Å². The lowest BCUT2D eigenvalue weighted by Crippen LogP contribution is -2.15. The molecule has 0 radical (unpaired) electrons. The van der Waals surface area contributed by atoms with E-state index in [1.807, 2.05) is 43.3 Å². The van der Waals surface area contributed by atoms with Crippen molar-refractivity contribution in [1.29, 1.82) is 0 Å². The van der Waals surface area contributed by atoms with Gasteiger partial charge in [-0.25, -0.2) is 9.37 Å². The normalized spacial score (nSPS) is 13.1. The van der Waals surface area contributed by atoms with E-state index in [4.69, 9.17) is 4.74 Å². The van der Waals surface area contributed by atoms with E-state index in [-0.39, 0.29) is 36.3 Å². The lowest BCUT2D eigenvalue weighted by molar-refractivity contribution is -0.118. The summed E-state index contributed by atoms with van der Waals surface area (Å²) in [5.41, 5.74) is 2.39. The molecule has 1 aromatic heterocycles. The fourth-order valence-electron chi connectivity index (χ4n) is 3.53. The molecule has 1 saturated carbocycles. The molecule has 34 heavy (non-hydrogen) atoms. The molecule has 5 nitrogen and oxygen atoms in total. The van der Waals surface area contributed by atoms with Crippen LogP contribution in [-0.4, -0.2) is 16.7 Å². The van der Waals surface area contributed by atoms with Gasteiger partial charge in [0.2, 0.25) is 5.91 Å². The number of rotatable bonds is 10. The third-order valence-corrected chi connectivity index (χ3v) is 5.53. The second kappa shape index (κ2) is 10.9. The molecule has 1 aliphatic carbocycles. The molecule has 0 bridgehead atoms. The predicted octanol–water partition coefficient (Wildman–Crippen LogP) is 6.14. The number of Topliss-reactive ketones (excluding diaryl/α,β-unsaturated/α-hetero) is 1. The van der Waals surface area contributed by atoms with Crippen LogP contribution in [0.3, 0.4) is 0 Å². The number of aromatic nitrogens is 1. The van der Waals surface area contributed by atoms with Gasteiger partial charge in [-0.05, 0) is 60.7 Å². The highest BCUT2D eigenvalue weighted by Gasteiger charge is 2.30. The Hall–Kier alpha value is -3.80. The van der Waals surface area contributed by atoms with Crippen LogP contribution in [0.25, 0.3) is 6.08 Å². The number of anilines is 1. The van der Waals surface area contributed by atoms with Crippen LogP contribution in [0.2, 0.25) is 0 Å². The van der Waals surface area contributed by atoms with Crippen LogP contribution in [0.5, 0.6) is 11.5 Å². The molecule has 1 N–H and O–H groups in total. The maximum atomic E-state index is 13.0. The zero-order valence-corrected chi connectivity index (χ0v) is 19.1. The first kappa shape index (κ1) is 23.4. The molecule has 1 fully saturated rings. The van der Waals surface area contributed by atoms with Crippen molar-refractivity contribution in [2.45, 2.75) is 39.0 Å². The van der Waals surface area contributed by atoms with Gasteiger partial charge in [0.15, 0.2) is 0 Å². The molecule has 6 heteroatoms.